The molecule has 19 heavy (non-hydrogen) atoms. The molecule has 3 aromatic rings. The van der Waals surface area contributed by atoms with Crippen LogP contribution < -0.4 is 5.73 Å². The van der Waals surface area contributed by atoms with Gasteiger partial charge in [0.05, 0.1) is 29.5 Å². The number of halogens is 1. The van der Waals surface area contributed by atoms with Crippen molar-refractivity contribution in [3.8, 4) is 0 Å². The van der Waals surface area contributed by atoms with Crippen molar-refractivity contribution in [2.45, 2.75) is 20.0 Å². The Morgan fingerprint density at radius 2 is 2.21 bits per heavy atom. The lowest BCUT2D eigenvalue weighted by Crippen LogP contribution is -2.08. The maximum atomic E-state index is 13.3. The lowest BCUT2D eigenvalue weighted by atomic mass is 10.3. The summed E-state index contributed by atoms with van der Waals surface area (Å²) in [6.07, 6.45) is 3.35. The van der Waals surface area contributed by atoms with Gasteiger partial charge in [0.25, 0.3) is 0 Å². The highest BCUT2D eigenvalue weighted by atomic mass is 19.1. The zero-order valence-electron chi connectivity index (χ0n) is 10.5. The van der Waals surface area contributed by atoms with E-state index in [0.717, 1.165) is 23.4 Å². The summed E-state index contributed by atoms with van der Waals surface area (Å²) < 4.78 is 17.0. The lowest BCUT2D eigenvalue weighted by Gasteiger charge is -2.06. The van der Waals surface area contributed by atoms with Crippen LogP contribution in [-0.2, 0) is 13.1 Å². The number of nitrogens with zero attached hydrogens (tertiary/aromatic N) is 4. The van der Waals surface area contributed by atoms with E-state index in [1.807, 2.05) is 11.5 Å². The van der Waals surface area contributed by atoms with Gasteiger partial charge in [-0.05, 0) is 25.1 Å². The highest BCUT2D eigenvalue weighted by Gasteiger charge is 2.11. The highest BCUT2D eigenvalue weighted by molar-refractivity contribution is 5.76. The van der Waals surface area contributed by atoms with E-state index in [-0.39, 0.29) is 5.82 Å². The third-order valence-electron chi connectivity index (χ3n) is 3.06. The van der Waals surface area contributed by atoms with Gasteiger partial charge in [-0.1, -0.05) is 0 Å². The maximum Gasteiger partial charge on any atom is 0.131 e. The quantitative estimate of drug-likeness (QED) is 0.782. The summed E-state index contributed by atoms with van der Waals surface area (Å²) in [7, 11) is 0. The zero-order valence-corrected chi connectivity index (χ0v) is 10.5. The number of anilines is 1. The lowest BCUT2D eigenvalue weighted by molar-refractivity contribution is 0.611. The van der Waals surface area contributed by atoms with E-state index < -0.39 is 0 Å². The largest absolute Gasteiger partial charge is 0.396 e. The van der Waals surface area contributed by atoms with Crippen molar-refractivity contribution >= 4 is 16.7 Å². The molecule has 6 heteroatoms. The first kappa shape index (κ1) is 11.7. The average Bonchev–Trinajstić information content (AvgIpc) is 2.93. The fraction of sp³-hybridized carbons (Fsp3) is 0.231. The van der Waals surface area contributed by atoms with E-state index in [9.17, 15) is 4.39 Å². The van der Waals surface area contributed by atoms with Gasteiger partial charge in [-0.3, -0.25) is 4.68 Å². The molecule has 0 bridgehead atoms. The number of benzene rings is 1. The fourth-order valence-corrected chi connectivity index (χ4v) is 2.23. The van der Waals surface area contributed by atoms with Gasteiger partial charge < -0.3 is 10.3 Å². The van der Waals surface area contributed by atoms with Crippen LogP contribution in [0.25, 0.3) is 11.0 Å². The van der Waals surface area contributed by atoms with E-state index in [2.05, 4.69) is 10.1 Å². The van der Waals surface area contributed by atoms with Crippen molar-refractivity contribution in [2.24, 2.45) is 0 Å². The molecular formula is C13H14FN5. The molecule has 0 spiro atoms. The van der Waals surface area contributed by atoms with Crippen LogP contribution >= 0.6 is 0 Å². The summed E-state index contributed by atoms with van der Waals surface area (Å²) in [5, 5.41) is 4.14. The standard InChI is InChI=1S/C13H14FN5/c1-2-19-12-5-9(14)3-4-11(12)17-13(19)8-18-7-10(15)6-16-18/h3-7H,2,8,15H2,1H3. The Bertz CT molecular complexity index is 728. The Balaban J connectivity index is 2.07. The van der Waals surface area contributed by atoms with E-state index in [1.165, 1.54) is 12.1 Å². The monoisotopic (exact) mass is 259 g/mol. The van der Waals surface area contributed by atoms with Crippen LogP contribution in [0, 0.1) is 5.82 Å². The first-order chi connectivity index (χ1) is 9.17. The van der Waals surface area contributed by atoms with Crippen LogP contribution in [0.4, 0.5) is 10.1 Å². The van der Waals surface area contributed by atoms with E-state index in [4.69, 9.17) is 5.73 Å². The SMILES string of the molecule is CCn1c(Cn2cc(N)cn2)nc2ccc(F)cc21. The smallest absolute Gasteiger partial charge is 0.131 e. The molecule has 0 fully saturated rings. The second-order valence-corrected chi connectivity index (χ2v) is 4.38. The van der Waals surface area contributed by atoms with Crippen molar-refractivity contribution in [1.29, 1.82) is 0 Å². The van der Waals surface area contributed by atoms with Crippen LogP contribution in [-0.4, -0.2) is 19.3 Å². The predicted octanol–water partition coefficient (Wildman–Crippen LogP) is 2.02. The molecule has 0 amide bonds. The fourth-order valence-electron chi connectivity index (χ4n) is 2.23. The van der Waals surface area contributed by atoms with E-state index >= 15 is 0 Å². The molecule has 0 radical (unpaired) electrons. The normalized spacial score (nSPS) is 11.3. The van der Waals surface area contributed by atoms with Gasteiger partial charge in [0.2, 0.25) is 0 Å². The zero-order chi connectivity index (χ0) is 13.4. The summed E-state index contributed by atoms with van der Waals surface area (Å²) >= 11 is 0. The molecule has 98 valence electrons. The molecule has 0 saturated heterocycles. The Kier molecular flexibility index (Phi) is 2.70. The number of nitrogen functional groups attached to an aromatic ring is 1. The number of rotatable bonds is 3. The molecule has 3 rings (SSSR count). The van der Waals surface area contributed by atoms with Gasteiger partial charge >= 0.3 is 0 Å². The van der Waals surface area contributed by atoms with Gasteiger partial charge in [0, 0.05) is 12.7 Å². The van der Waals surface area contributed by atoms with Gasteiger partial charge in [0.15, 0.2) is 0 Å². The molecule has 0 atom stereocenters. The van der Waals surface area contributed by atoms with E-state index in [0.29, 0.717) is 12.2 Å². The molecule has 0 saturated carbocycles. The second-order valence-electron chi connectivity index (χ2n) is 4.38. The minimum atomic E-state index is -0.253. The maximum absolute atomic E-state index is 13.3. The summed E-state index contributed by atoms with van der Waals surface area (Å²) in [5.41, 5.74) is 7.85. The molecule has 0 unspecified atom stereocenters. The van der Waals surface area contributed by atoms with Crippen LogP contribution in [0.5, 0.6) is 0 Å². The first-order valence-electron chi connectivity index (χ1n) is 6.10. The molecule has 0 aliphatic rings. The third kappa shape index (κ3) is 2.05. The number of aromatic nitrogens is 4. The van der Waals surface area contributed by atoms with Crippen molar-refractivity contribution in [3.63, 3.8) is 0 Å². The number of aryl methyl sites for hydroxylation is 1. The van der Waals surface area contributed by atoms with Crippen molar-refractivity contribution < 1.29 is 4.39 Å². The number of nitrogens with two attached hydrogens (primary N) is 1. The highest BCUT2D eigenvalue weighted by Crippen LogP contribution is 2.18. The summed E-state index contributed by atoms with van der Waals surface area (Å²) in [5.74, 6) is 0.586. The molecular weight excluding hydrogens is 245 g/mol. The molecule has 1 aromatic carbocycles. The summed E-state index contributed by atoms with van der Waals surface area (Å²) in [6.45, 7) is 3.25. The predicted molar refractivity (Wildman–Crippen MR) is 71.1 cm³/mol. The van der Waals surface area contributed by atoms with Gasteiger partial charge in [-0.2, -0.15) is 5.10 Å². The Morgan fingerprint density at radius 3 is 2.89 bits per heavy atom. The molecule has 5 nitrogen and oxygen atoms in total. The Hall–Kier alpha value is -2.37. The Morgan fingerprint density at radius 1 is 1.37 bits per heavy atom. The van der Waals surface area contributed by atoms with Crippen LogP contribution in [0.3, 0.4) is 0 Å². The minimum absolute atomic E-state index is 0.253. The first-order valence-corrected chi connectivity index (χ1v) is 6.10. The molecule has 2 heterocycles. The van der Waals surface area contributed by atoms with Gasteiger partial charge in [-0.25, -0.2) is 9.37 Å². The van der Waals surface area contributed by atoms with Gasteiger partial charge in [0.1, 0.15) is 11.6 Å². The molecule has 2 N–H and O–H groups in total. The number of fused-ring (bicyclic) bond motifs is 1. The number of hydrogen-bond donors (Lipinski definition) is 1. The minimum Gasteiger partial charge on any atom is -0.396 e. The van der Waals surface area contributed by atoms with Gasteiger partial charge in [-0.15, -0.1) is 0 Å². The van der Waals surface area contributed by atoms with Crippen molar-refractivity contribution in [3.05, 3.63) is 42.2 Å². The molecule has 0 aliphatic heterocycles. The van der Waals surface area contributed by atoms with E-state index in [1.54, 1.807) is 23.1 Å². The molecule has 2 aromatic heterocycles. The topological polar surface area (TPSA) is 61.7 Å². The second kappa shape index (κ2) is 4.38. The average molecular weight is 259 g/mol. The summed E-state index contributed by atoms with van der Waals surface area (Å²) in [4.78, 5) is 4.52. The van der Waals surface area contributed by atoms with Crippen molar-refractivity contribution in [2.75, 3.05) is 5.73 Å². The van der Waals surface area contributed by atoms with Crippen LogP contribution in [0.15, 0.2) is 30.6 Å². The number of hydrogen-bond acceptors (Lipinski definition) is 3. The van der Waals surface area contributed by atoms with Crippen LogP contribution in [0.2, 0.25) is 0 Å². The Labute approximate surface area is 109 Å². The third-order valence-corrected chi connectivity index (χ3v) is 3.06. The number of imidazole rings is 1. The van der Waals surface area contributed by atoms with Crippen molar-refractivity contribution in [1.82, 2.24) is 19.3 Å². The summed E-state index contributed by atoms with van der Waals surface area (Å²) in [6, 6.07) is 4.62. The van der Waals surface area contributed by atoms with Crippen LogP contribution in [0.1, 0.15) is 12.7 Å². The molecule has 0 aliphatic carbocycles.